The molecule has 0 spiro atoms. The maximum atomic E-state index is 6.40. The summed E-state index contributed by atoms with van der Waals surface area (Å²) in [6, 6.07) is 6.64. The maximum absolute atomic E-state index is 6.40. The van der Waals surface area contributed by atoms with Crippen molar-refractivity contribution >= 4 is 11.6 Å². The van der Waals surface area contributed by atoms with E-state index in [9.17, 15) is 0 Å². The zero-order valence-corrected chi connectivity index (χ0v) is 12.0. The van der Waals surface area contributed by atoms with Crippen LogP contribution in [0.5, 0.6) is 0 Å². The second-order valence-electron chi connectivity index (χ2n) is 5.04. The quantitative estimate of drug-likeness (QED) is 0.898. The van der Waals surface area contributed by atoms with Crippen molar-refractivity contribution in [1.29, 1.82) is 0 Å². The normalized spacial score (nSPS) is 21.8. The molecule has 0 radical (unpaired) electrons. The molecular formula is C15H22ClNO. The number of hydrogen-bond acceptors (Lipinski definition) is 2. The number of halogens is 1. The average molecular weight is 268 g/mol. The van der Waals surface area contributed by atoms with Gasteiger partial charge in [-0.2, -0.15) is 0 Å². The fraction of sp³-hybridized carbons (Fsp3) is 0.600. The Morgan fingerprint density at radius 1 is 1.50 bits per heavy atom. The zero-order chi connectivity index (χ0) is 13.0. The van der Waals surface area contributed by atoms with Crippen LogP contribution in [-0.2, 0) is 4.74 Å². The molecule has 0 aromatic heterocycles. The van der Waals surface area contributed by atoms with Crippen molar-refractivity contribution in [3.05, 3.63) is 34.3 Å². The maximum Gasteiger partial charge on any atom is 0.0512 e. The monoisotopic (exact) mass is 267 g/mol. The van der Waals surface area contributed by atoms with Gasteiger partial charge < -0.3 is 10.1 Å². The van der Waals surface area contributed by atoms with Crippen LogP contribution in [0, 0.1) is 12.8 Å². The molecule has 2 nitrogen and oxygen atoms in total. The second-order valence-corrected chi connectivity index (χ2v) is 5.44. The molecule has 1 fully saturated rings. The van der Waals surface area contributed by atoms with Crippen LogP contribution < -0.4 is 5.32 Å². The number of nitrogens with one attached hydrogen (secondary N) is 1. The summed E-state index contributed by atoms with van der Waals surface area (Å²) in [5, 5.41) is 4.43. The Balaban J connectivity index is 2.22. The standard InChI is InChI=1S/C15H22ClNO/c1-3-17-15(12-5-4-8-18-10-12)13-7-6-11(2)9-14(13)16/h6-7,9,12,15,17H,3-5,8,10H2,1-2H3. The molecule has 2 rings (SSSR count). The van der Waals surface area contributed by atoms with Crippen LogP contribution in [0.25, 0.3) is 0 Å². The van der Waals surface area contributed by atoms with Crippen LogP contribution in [-0.4, -0.2) is 19.8 Å². The highest BCUT2D eigenvalue weighted by atomic mass is 35.5. The highest BCUT2D eigenvalue weighted by Crippen LogP contribution is 2.33. The van der Waals surface area contributed by atoms with Crippen molar-refractivity contribution in [2.75, 3.05) is 19.8 Å². The highest BCUT2D eigenvalue weighted by Gasteiger charge is 2.26. The summed E-state index contributed by atoms with van der Waals surface area (Å²) < 4.78 is 5.61. The van der Waals surface area contributed by atoms with Crippen LogP contribution >= 0.6 is 11.6 Å². The first kappa shape index (κ1) is 13.9. The fourth-order valence-electron chi connectivity index (χ4n) is 2.66. The topological polar surface area (TPSA) is 21.3 Å². The molecular weight excluding hydrogens is 246 g/mol. The molecule has 1 saturated heterocycles. The molecule has 1 aliphatic heterocycles. The third-order valence-corrected chi connectivity index (χ3v) is 3.91. The van der Waals surface area contributed by atoms with Crippen molar-refractivity contribution < 1.29 is 4.74 Å². The smallest absolute Gasteiger partial charge is 0.0512 e. The predicted octanol–water partition coefficient (Wildman–Crippen LogP) is 3.73. The Labute approximate surface area is 115 Å². The number of hydrogen-bond donors (Lipinski definition) is 1. The van der Waals surface area contributed by atoms with Crippen molar-refractivity contribution in [2.24, 2.45) is 5.92 Å². The van der Waals surface area contributed by atoms with E-state index in [1.807, 2.05) is 6.07 Å². The minimum absolute atomic E-state index is 0.309. The molecule has 1 heterocycles. The lowest BCUT2D eigenvalue weighted by molar-refractivity contribution is 0.0393. The van der Waals surface area contributed by atoms with E-state index in [0.717, 1.165) is 31.2 Å². The molecule has 1 aromatic rings. The lowest BCUT2D eigenvalue weighted by atomic mass is 9.88. The third-order valence-electron chi connectivity index (χ3n) is 3.58. The van der Waals surface area contributed by atoms with Gasteiger partial charge in [-0.15, -0.1) is 0 Å². The Morgan fingerprint density at radius 3 is 2.94 bits per heavy atom. The molecule has 18 heavy (non-hydrogen) atoms. The zero-order valence-electron chi connectivity index (χ0n) is 11.2. The van der Waals surface area contributed by atoms with Gasteiger partial charge in [0, 0.05) is 23.6 Å². The molecule has 2 atom stereocenters. The van der Waals surface area contributed by atoms with Crippen LogP contribution in [0.1, 0.15) is 36.9 Å². The summed E-state index contributed by atoms with van der Waals surface area (Å²) in [6.07, 6.45) is 2.36. The summed E-state index contributed by atoms with van der Waals surface area (Å²) in [4.78, 5) is 0. The van der Waals surface area contributed by atoms with E-state index in [1.54, 1.807) is 0 Å². The van der Waals surface area contributed by atoms with Gasteiger partial charge in [-0.1, -0.05) is 30.7 Å². The van der Waals surface area contributed by atoms with E-state index in [0.29, 0.717) is 12.0 Å². The van der Waals surface area contributed by atoms with Crippen molar-refractivity contribution in [3.63, 3.8) is 0 Å². The lowest BCUT2D eigenvalue weighted by Gasteiger charge is -2.31. The Hall–Kier alpha value is -0.570. The Bertz CT molecular complexity index is 388. The number of aryl methyl sites for hydroxylation is 1. The van der Waals surface area contributed by atoms with Crippen molar-refractivity contribution in [3.8, 4) is 0 Å². The van der Waals surface area contributed by atoms with E-state index < -0.39 is 0 Å². The van der Waals surface area contributed by atoms with Crippen LogP contribution in [0.3, 0.4) is 0 Å². The molecule has 1 aliphatic rings. The van der Waals surface area contributed by atoms with Gasteiger partial charge in [0.25, 0.3) is 0 Å². The SMILES string of the molecule is CCNC(c1ccc(C)cc1Cl)C1CCCOC1. The van der Waals surface area contributed by atoms with Gasteiger partial charge in [0.1, 0.15) is 0 Å². The van der Waals surface area contributed by atoms with Gasteiger partial charge in [-0.05, 0) is 43.5 Å². The Morgan fingerprint density at radius 2 is 2.33 bits per heavy atom. The van der Waals surface area contributed by atoms with E-state index in [1.165, 1.54) is 17.5 Å². The van der Waals surface area contributed by atoms with Gasteiger partial charge in [-0.25, -0.2) is 0 Å². The summed E-state index contributed by atoms with van der Waals surface area (Å²) in [6.45, 7) is 6.89. The van der Waals surface area contributed by atoms with E-state index in [-0.39, 0.29) is 0 Å². The minimum Gasteiger partial charge on any atom is -0.381 e. The first-order chi connectivity index (χ1) is 8.72. The summed E-state index contributed by atoms with van der Waals surface area (Å²) in [5.74, 6) is 0.527. The molecule has 0 aliphatic carbocycles. The Kier molecular flexibility index (Phi) is 5.04. The number of ether oxygens (including phenoxy) is 1. The van der Waals surface area contributed by atoms with E-state index in [2.05, 4.69) is 31.3 Å². The van der Waals surface area contributed by atoms with Gasteiger partial charge in [0.15, 0.2) is 0 Å². The third kappa shape index (κ3) is 3.25. The fourth-order valence-corrected chi connectivity index (χ4v) is 3.02. The summed E-state index contributed by atoms with van der Waals surface area (Å²) in [5.41, 5.74) is 2.42. The van der Waals surface area contributed by atoms with Gasteiger partial charge in [-0.3, -0.25) is 0 Å². The molecule has 100 valence electrons. The minimum atomic E-state index is 0.309. The molecule has 0 saturated carbocycles. The van der Waals surface area contributed by atoms with Crippen LogP contribution in [0.4, 0.5) is 0 Å². The molecule has 1 N–H and O–H groups in total. The van der Waals surface area contributed by atoms with Gasteiger partial charge >= 0.3 is 0 Å². The largest absolute Gasteiger partial charge is 0.381 e. The second kappa shape index (κ2) is 6.55. The first-order valence-electron chi connectivity index (χ1n) is 6.79. The summed E-state index contributed by atoms with van der Waals surface area (Å²) in [7, 11) is 0. The average Bonchev–Trinajstić information content (AvgIpc) is 2.38. The predicted molar refractivity (Wildman–Crippen MR) is 76.1 cm³/mol. The summed E-state index contributed by atoms with van der Waals surface area (Å²) >= 11 is 6.40. The van der Waals surface area contributed by atoms with Crippen LogP contribution in [0.2, 0.25) is 5.02 Å². The molecule has 1 aromatic carbocycles. The molecule has 2 unspecified atom stereocenters. The van der Waals surface area contributed by atoms with E-state index in [4.69, 9.17) is 16.3 Å². The molecule has 0 bridgehead atoms. The van der Waals surface area contributed by atoms with Gasteiger partial charge in [0.2, 0.25) is 0 Å². The van der Waals surface area contributed by atoms with Crippen molar-refractivity contribution in [1.82, 2.24) is 5.32 Å². The molecule has 3 heteroatoms. The molecule has 0 amide bonds. The number of benzene rings is 1. The van der Waals surface area contributed by atoms with Crippen LogP contribution in [0.15, 0.2) is 18.2 Å². The van der Waals surface area contributed by atoms with Crippen molar-refractivity contribution in [2.45, 2.75) is 32.7 Å². The number of rotatable bonds is 4. The lowest BCUT2D eigenvalue weighted by Crippen LogP contribution is -2.33. The first-order valence-corrected chi connectivity index (χ1v) is 7.17. The highest BCUT2D eigenvalue weighted by molar-refractivity contribution is 6.31. The van der Waals surface area contributed by atoms with Gasteiger partial charge in [0.05, 0.1) is 6.61 Å². The van der Waals surface area contributed by atoms with E-state index >= 15 is 0 Å².